The lowest BCUT2D eigenvalue weighted by molar-refractivity contribution is 0.0975. The van der Waals surface area contributed by atoms with E-state index in [9.17, 15) is 0 Å². The first-order chi connectivity index (χ1) is 9.19. The number of ether oxygens (including phenoxy) is 3. The highest BCUT2D eigenvalue weighted by Crippen LogP contribution is 2.28. The predicted molar refractivity (Wildman–Crippen MR) is 76.8 cm³/mol. The molecule has 0 saturated carbocycles. The summed E-state index contributed by atoms with van der Waals surface area (Å²) in [5, 5.41) is 0. The Morgan fingerprint density at radius 1 is 1.21 bits per heavy atom. The summed E-state index contributed by atoms with van der Waals surface area (Å²) in [6.07, 6.45) is 2.23. The predicted octanol–water partition coefficient (Wildman–Crippen LogP) is 2.91. The fraction of sp³-hybridized carbons (Fsp3) is 0.600. The zero-order valence-electron chi connectivity index (χ0n) is 12.1. The fourth-order valence-electron chi connectivity index (χ4n) is 1.70. The molecular weight excluding hydrogens is 242 g/mol. The van der Waals surface area contributed by atoms with Crippen LogP contribution >= 0.6 is 0 Å². The van der Waals surface area contributed by atoms with Crippen LogP contribution in [-0.2, 0) is 4.74 Å². The molecular formula is C15H25NO3. The van der Waals surface area contributed by atoms with Crippen LogP contribution in [0.5, 0.6) is 11.5 Å². The van der Waals surface area contributed by atoms with Gasteiger partial charge in [0.15, 0.2) is 0 Å². The maximum atomic E-state index is 5.92. The molecule has 1 aromatic rings. The Kier molecular flexibility index (Phi) is 7.30. The first-order valence-electron chi connectivity index (χ1n) is 6.83. The Labute approximate surface area is 115 Å². The van der Waals surface area contributed by atoms with Gasteiger partial charge >= 0.3 is 0 Å². The van der Waals surface area contributed by atoms with Crippen molar-refractivity contribution in [2.75, 3.05) is 26.9 Å². The van der Waals surface area contributed by atoms with E-state index in [2.05, 4.69) is 6.92 Å². The molecule has 0 fully saturated rings. The number of methoxy groups -OCH3 is 1. The molecule has 4 nitrogen and oxygen atoms in total. The topological polar surface area (TPSA) is 53.7 Å². The summed E-state index contributed by atoms with van der Waals surface area (Å²) < 4.78 is 16.4. The fourth-order valence-corrected chi connectivity index (χ4v) is 1.70. The molecule has 0 aliphatic heterocycles. The molecule has 0 unspecified atom stereocenters. The maximum absolute atomic E-state index is 5.92. The van der Waals surface area contributed by atoms with Crippen molar-refractivity contribution in [1.82, 2.24) is 0 Å². The minimum atomic E-state index is -0.0677. The maximum Gasteiger partial charge on any atom is 0.127 e. The van der Waals surface area contributed by atoms with Gasteiger partial charge in [-0.2, -0.15) is 0 Å². The van der Waals surface area contributed by atoms with Gasteiger partial charge in [-0.3, -0.25) is 0 Å². The molecule has 0 amide bonds. The normalized spacial score (nSPS) is 12.2. The quantitative estimate of drug-likeness (QED) is 0.699. The van der Waals surface area contributed by atoms with Gasteiger partial charge in [-0.25, -0.2) is 0 Å². The zero-order valence-corrected chi connectivity index (χ0v) is 12.1. The summed E-state index contributed by atoms with van der Waals surface area (Å²) >= 11 is 0. The van der Waals surface area contributed by atoms with Gasteiger partial charge < -0.3 is 19.9 Å². The molecule has 1 atom stereocenters. The standard InChI is InChI=1S/C15H25NO3/c1-4-5-8-18-9-10-19-15-11-13(17-3)6-7-14(15)12(2)16/h6-7,11-12H,4-5,8-10,16H2,1-3H3/t12-/m0/s1. The number of hydrogen-bond donors (Lipinski definition) is 1. The lowest BCUT2D eigenvalue weighted by Gasteiger charge is -2.15. The van der Waals surface area contributed by atoms with E-state index in [1.54, 1.807) is 7.11 Å². The van der Waals surface area contributed by atoms with E-state index in [-0.39, 0.29) is 6.04 Å². The summed E-state index contributed by atoms with van der Waals surface area (Å²) in [5.41, 5.74) is 6.90. The smallest absolute Gasteiger partial charge is 0.127 e. The molecule has 0 aromatic heterocycles. The van der Waals surface area contributed by atoms with Crippen LogP contribution in [0.2, 0.25) is 0 Å². The van der Waals surface area contributed by atoms with Crippen LogP contribution in [0.3, 0.4) is 0 Å². The van der Waals surface area contributed by atoms with E-state index < -0.39 is 0 Å². The Balaban J connectivity index is 2.50. The molecule has 2 N–H and O–H groups in total. The van der Waals surface area contributed by atoms with Crippen LogP contribution in [0.4, 0.5) is 0 Å². The SMILES string of the molecule is CCCCOCCOc1cc(OC)ccc1[C@H](C)N. The van der Waals surface area contributed by atoms with E-state index in [1.807, 2.05) is 25.1 Å². The first-order valence-corrected chi connectivity index (χ1v) is 6.83. The Bertz CT molecular complexity index is 366. The van der Waals surface area contributed by atoms with E-state index >= 15 is 0 Å². The minimum absolute atomic E-state index is 0.0677. The number of benzene rings is 1. The van der Waals surface area contributed by atoms with Crippen molar-refractivity contribution in [3.05, 3.63) is 23.8 Å². The van der Waals surface area contributed by atoms with Gasteiger partial charge in [-0.15, -0.1) is 0 Å². The second kappa shape index (κ2) is 8.77. The summed E-state index contributed by atoms with van der Waals surface area (Å²) in [4.78, 5) is 0. The van der Waals surface area contributed by atoms with Crippen molar-refractivity contribution in [2.24, 2.45) is 5.73 Å². The van der Waals surface area contributed by atoms with Crippen LogP contribution in [0.25, 0.3) is 0 Å². The molecule has 0 heterocycles. The number of rotatable bonds is 9. The highest BCUT2D eigenvalue weighted by atomic mass is 16.5. The van der Waals surface area contributed by atoms with Gasteiger partial charge in [0, 0.05) is 24.3 Å². The molecule has 108 valence electrons. The molecule has 0 radical (unpaired) electrons. The third-order valence-corrected chi connectivity index (χ3v) is 2.84. The zero-order chi connectivity index (χ0) is 14.1. The largest absolute Gasteiger partial charge is 0.497 e. The third kappa shape index (κ3) is 5.49. The monoisotopic (exact) mass is 267 g/mol. The first kappa shape index (κ1) is 15.8. The van der Waals surface area contributed by atoms with Crippen molar-refractivity contribution < 1.29 is 14.2 Å². The second-order valence-corrected chi connectivity index (χ2v) is 4.51. The van der Waals surface area contributed by atoms with Gasteiger partial charge in [-0.05, 0) is 19.4 Å². The average molecular weight is 267 g/mol. The number of nitrogens with two attached hydrogens (primary N) is 1. The van der Waals surface area contributed by atoms with Gasteiger partial charge in [-0.1, -0.05) is 19.4 Å². The molecule has 0 saturated heterocycles. The average Bonchev–Trinajstić information content (AvgIpc) is 2.42. The second-order valence-electron chi connectivity index (χ2n) is 4.51. The van der Waals surface area contributed by atoms with Crippen LogP contribution in [0.1, 0.15) is 38.3 Å². The lowest BCUT2D eigenvalue weighted by atomic mass is 10.1. The number of hydrogen-bond acceptors (Lipinski definition) is 4. The molecule has 4 heteroatoms. The third-order valence-electron chi connectivity index (χ3n) is 2.84. The molecule has 0 spiro atoms. The van der Waals surface area contributed by atoms with Crippen LogP contribution in [0, 0.1) is 0 Å². The van der Waals surface area contributed by atoms with Crippen molar-refractivity contribution in [1.29, 1.82) is 0 Å². The summed E-state index contributed by atoms with van der Waals surface area (Å²) in [7, 11) is 1.64. The highest BCUT2D eigenvalue weighted by Gasteiger charge is 2.09. The number of unbranched alkanes of at least 4 members (excludes halogenated alkanes) is 1. The van der Waals surface area contributed by atoms with Crippen molar-refractivity contribution in [3.63, 3.8) is 0 Å². The van der Waals surface area contributed by atoms with E-state index in [0.29, 0.717) is 13.2 Å². The molecule has 0 aliphatic carbocycles. The van der Waals surface area contributed by atoms with Crippen molar-refractivity contribution >= 4 is 0 Å². The van der Waals surface area contributed by atoms with Gasteiger partial charge in [0.05, 0.1) is 13.7 Å². The molecule has 1 rings (SSSR count). The van der Waals surface area contributed by atoms with Gasteiger partial charge in [0.1, 0.15) is 18.1 Å². The molecule has 1 aromatic carbocycles. The van der Waals surface area contributed by atoms with Gasteiger partial charge in [0.2, 0.25) is 0 Å². The summed E-state index contributed by atoms with van der Waals surface area (Å²) in [6, 6.07) is 5.63. The van der Waals surface area contributed by atoms with E-state index in [1.165, 1.54) is 0 Å². The van der Waals surface area contributed by atoms with Crippen molar-refractivity contribution in [3.8, 4) is 11.5 Å². The van der Waals surface area contributed by atoms with E-state index in [4.69, 9.17) is 19.9 Å². The van der Waals surface area contributed by atoms with Crippen LogP contribution < -0.4 is 15.2 Å². The van der Waals surface area contributed by atoms with E-state index in [0.717, 1.165) is 36.5 Å². The molecule has 19 heavy (non-hydrogen) atoms. The van der Waals surface area contributed by atoms with Crippen molar-refractivity contribution in [2.45, 2.75) is 32.7 Å². The lowest BCUT2D eigenvalue weighted by Crippen LogP contribution is -2.12. The Morgan fingerprint density at radius 2 is 2.00 bits per heavy atom. The Morgan fingerprint density at radius 3 is 2.63 bits per heavy atom. The minimum Gasteiger partial charge on any atom is -0.497 e. The molecule has 0 aliphatic rings. The summed E-state index contributed by atoms with van der Waals surface area (Å²) in [5.74, 6) is 1.54. The van der Waals surface area contributed by atoms with Crippen LogP contribution in [0.15, 0.2) is 18.2 Å². The highest BCUT2D eigenvalue weighted by molar-refractivity contribution is 5.42. The molecule has 0 bridgehead atoms. The summed E-state index contributed by atoms with van der Waals surface area (Å²) in [6.45, 7) is 5.99. The van der Waals surface area contributed by atoms with Crippen LogP contribution in [-0.4, -0.2) is 26.9 Å². The Hall–Kier alpha value is -1.26. The van der Waals surface area contributed by atoms with Gasteiger partial charge in [0.25, 0.3) is 0 Å².